The summed E-state index contributed by atoms with van der Waals surface area (Å²) < 4.78 is 0. The zero-order chi connectivity index (χ0) is 22.6. The highest BCUT2D eigenvalue weighted by molar-refractivity contribution is 6.01. The number of ketones is 1. The quantitative estimate of drug-likeness (QED) is 0.698. The Labute approximate surface area is 182 Å². The zero-order valence-corrected chi connectivity index (χ0v) is 18.7. The van der Waals surface area contributed by atoms with Gasteiger partial charge in [-0.1, -0.05) is 26.0 Å². The first-order chi connectivity index (χ1) is 14.5. The monoisotopic (exact) mass is 419 g/mol. The van der Waals surface area contributed by atoms with Gasteiger partial charge in [0, 0.05) is 34.9 Å². The Bertz CT molecular complexity index is 1140. The number of H-pyrrole nitrogens is 1. The zero-order valence-electron chi connectivity index (χ0n) is 18.7. The molecular formula is C24H29N5O2. The largest absolute Gasteiger partial charge is 0.369 e. The second-order valence-corrected chi connectivity index (χ2v) is 9.85. The number of primary amides is 1. The number of aryl methyl sites for hydroxylation is 1. The van der Waals surface area contributed by atoms with Gasteiger partial charge in [0.05, 0.1) is 16.8 Å². The number of aromatic amines is 1. The number of anilines is 1. The minimum Gasteiger partial charge on any atom is -0.369 e. The Kier molecular flexibility index (Phi) is 4.87. The molecule has 4 N–H and O–H groups in total. The SMILES string of the molecule is Cc1cccc(/C=C/C2C3=C(CC(C)(C)CC3=O)Nc3[nH]nc(C(C)(C)C(N)=O)c32)n1. The van der Waals surface area contributed by atoms with Crippen LogP contribution in [0.25, 0.3) is 6.08 Å². The van der Waals surface area contributed by atoms with E-state index in [1.54, 1.807) is 13.8 Å². The highest BCUT2D eigenvalue weighted by atomic mass is 16.1. The first-order valence-corrected chi connectivity index (χ1v) is 10.5. The van der Waals surface area contributed by atoms with E-state index in [2.05, 4.69) is 34.3 Å². The van der Waals surface area contributed by atoms with Gasteiger partial charge in [-0.25, -0.2) is 0 Å². The first-order valence-electron chi connectivity index (χ1n) is 10.5. The van der Waals surface area contributed by atoms with Gasteiger partial charge in [-0.05, 0) is 50.8 Å². The number of carbonyl (C=O) groups is 2. The predicted molar refractivity (Wildman–Crippen MR) is 120 cm³/mol. The third-order valence-electron chi connectivity index (χ3n) is 6.20. The van der Waals surface area contributed by atoms with Crippen molar-refractivity contribution in [3.8, 4) is 0 Å². The molecule has 31 heavy (non-hydrogen) atoms. The highest BCUT2D eigenvalue weighted by Gasteiger charge is 2.44. The Morgan fingerprint density at radius 3 is 2.71 bits per heavy atom. The van der Waals surface area contributed by atoms with Crippen molar-refractivity contribution in [2.75, 3.05) is 5.32 Å². The molecule has 1 unspecified atom stereocenters. The number of carbonyl (C=O) groups excluding carboxylic acids is 2. The van der Waals surface area contributed by atoms with Crippen molar-refractivity contribution >= 4 is 23.6 Å². The van der Waals surface area contributed by atoms with Crippen molar-refractivity contribution in [2.24, 2.45) is 11.1 Å². The van der Waals surface area contributed by atoms with Gasteiger partial charge < -0.3 is 11.1 Å². The van der Waals surface area contributed by atoms with E-state index in [0.29, 0.717) is 17.9 Å². The molecule has 7 nitrogen and oxygen atoms in total. The number of nitrogens with zero attached hydrogens (tertiary/aromatic N) is 2. The molecule has 1 amide bonds. The molecule has 4 rings (SSSR count). The predicted octanol–water partition coefficient (Wildman–Crippen LogP) is 3.74. The minimum atomic E-state index is -0.992. The molecule has 3 heterocycles. The van der Waals surface area contributed by atoms with E-state index < -0.39 is 11.3 Å². The average molecular weight is 420 g/mol. The molecule has 0 aromatic carbocycles. The van der Waals surface area contributed by atoms with E-state index in [1.165, 1.54) is 0 Å². The Balaban J connectivity index is 1.88. The standard InChI is InChI=1S/C24H29N5O2/c1-13-7-6-8-14(26-13)9-10-15-18-16(11-23(2,3)12-17(18)30)27-21-19(15)20(28-29-21)24(4,5)22(25)31/h6-10,15H,11-12H2,1-5H3,(H2,25,31)(H2,27,28,29)/b10-9+. The van der Waals surface area contributed by atoms with Gasteiger partial charge in [-0.15, -0.1) is 0 Å². The fraction of sp³-hybridized carbons (Fsp3) is 0.417. The number of nitrogens with one attached hydrogen (secondary N) is 2. The van der Waals surface area contributed by atoms with E-state index in [4.69, 9.17) is 5.73 Å². The maximum absolute atomic E-state index is 13.3. The van der Waals surface area contributed by atoms with E-state index >= 15 is 0 Å². The van der Waals surface area contributed by atoms with Gasteiger partial charge in [0.2, 0.25) is 5.91 Å². The normalized spacial score (nSPS) is 20.4. The molecule has 7 heteroatoms. The van der Waals surface area contributed by atoms with Gasteiger partial charge in [0.25, 0.3) is 0 Å². The van der Waals surface area contributed by atoms with Crippen molar-refractivity contribution in [3.63, 3.8) is 0 Å². The number of hydrogen-bond acceptors (Lipinski definition) is 5. The summed E-state index contributed by atoms with van der Waals surface area (Å²) in [6.45, 7) is 9.65. The Morgan fingerprint density at radius 2 is 2.03 bits per heavy atom. The van der Waals surface area contributed by atoms with Crippen LogP contribution in [0.2, 0.25) is 0 Å². The molecule has 2 aliphatic rings. The molecule has 1 aliphatic carbocycles. The fourth-order valence-electron chi connectivity index (χ4n) is 4.49. The maximum Gasteiger partial charge on any atom is 0.229 e. The van der Waals surface area contributed by atoms with Gasteiger partial charge in [-0.2, -0.15) is 5.10 Å². The number of pyridine rings is 1. The molecule has 0 radical (unpaired) electrons. The van der Waals surface area contributed by atoms with Gasteiger partial charge in [-0.3, -0.25) is 19.7 Å². The average Bonchev–Trinajstić information content (AvgIpc) is 3.08. The number of Topliss-reactive ketones (excluding diaryl/α,β-unsaturated/α-hetero) is 1. The van der Waals surface area contributed by atoms with Crippen molar-refractivity contribution in [3.05, 3.63) is 58.2 Å². The number of fused-ring (bicyclic) bond motifs is 1. The topological polar surface area (TPSA) is 114 Å². The summed E-state index contributed by atoms with van der Waals surface area (Å²) in [7, 11) is 0. The molecule has 0 saturated carbocycles. The molecule has 0 saturated heterocycles. The smallest absolute Gasteiger partial charge is 0.229 e. The van der Waals surface area contributed by atoms with Crippen molar-refractivity contribution < 1.29 is 9.59 Å². The molecule has 1 aliphatic heterocycles. The molecule has 0 spiro atoms. The Morgan fingerprint density at radius 1 is 1.29 bits per heavy atom. The Hall–Kier alpha value is -3.22. The van der Waals surface area contributed by atoms with Crippen LogP contribution in [-0.2, 0) is 15.0 Å². The van der Waals surface area contributed by atoms with Crippen molar-refractivity contribution in [1.29, 1.82) is 0 Å². The van der Waals surface area contributed by atoms with Crippen molar-refractivity contribution in [1.82, 2.24) is 15.2 Å². The van der Waals surface area contributed by atoms with Crippen LogP contribution < -0.4 is 11.1 Å². The lowest BCUT2D eigenvalue weighted by molar-refractivity contribution is -0.122. The van der Waals surface area contributed by atoms with Gasteiger partial charge >= 0.3 is 0 Å². The van der Waals surface area contributed by atoms with Crippen LogP contribution in [0.15, 0.2) is 35.5 Å². The third-order valence-corrected chi connectivity index (χ3v) is 6.20. The van der Waals surface area contributed by atoms with Crippen LogP contribution in [-0.4, -0.2) is 26.9 Å². The summed E-state index contributed by atoms with van der Waals surface area (Å²) >= 11 is 0. The summed E-state index contributed by atoms with van der Waals surface area (Å²) in [5, 5.41) is 10.9. The van der Waals surface area contributed by atoms with E-state index in [0.717, 1.165) is 34.6 Å². The van der Waals surface area contributed by atoms with Crippen molar-refractivity contribution in [2.45, 2.75) is 58.8 Å². The summed E-state index contributed by atoms with van der Waals surface area (Å²) in [6, 6.07) is 5.82. The molecule has 162 valence electrons. The summed E-state index contributed by atoms with van der Waals surface area (Å²) in [5.74, 6) is 0.00556. The molecule has 2 aromatic rings. The van der Waals surface area contributed by atoms with Crippen LogP contribution in [0.4, 0.5) is 5.82 Å². The first kappa shape index (κ1) is 21.0. The van der Waals surface area contributed by atoms with Crippen LogP contribution in [0.1, 0.15) is 69.1 Å². The fourth-order valence-corrected chi connectivity index (χ4v) is 4.49. The summed E-state index contributed by atoms with van der Waals surface area (Å²) in [5.41, 5.74) is 9.30. The number of hydrogen-bond donors (Lipinski definition) is 3. The molecule has 1 atom stereocenters. The number of allylic oxidation sites excluding steroid dienone is 3. The summed E-state index contributed by atoms with van der Waals surface area (Å²) in [4.78, 5) is 30.0. The molecular weight excluding hydrogens is 390 g/mol. The number of rotatable bonds is 4. The van der Waals surface area contributed by atoms with E-state index in [-0.39, 0.29) is 17.1 Å². The number of aromatic nitrogens is 3. The van der Waals surface area contributed by atoms with Crippen LogP contribution >= 0.6 is 0 Å². The van der Waals surface area contributed by atoms with Gasteiger partial charge in [0.1, 0.15) is 5.82 Å². The third kappa shape index (κ3) is 3.69. The van der Waals surface area contributed by atoms with E-state index in [1.807, 2.05) is 37.3 Å². The lowest BCUT2D eigenvalue weighted by Crippen LogP contribution is -2.38. The molecule has 0 fully saturated rings. The van der Waals surface area contributed by atoms with Crippen LogP contribution in [0, 0.1) is 12.3 Å². The summed E-state index contributed by atoms with van der Waals surface area (Å²) in [6.07, 6.45) is 5.15. The number of amides is 1. The lowest BCUT2D eigenvalue weighted by Gasteiger charge is -2.38. The number of nitrogens with two attached hydrogens (primary N) is 1. The van der Waals surface area contributed by atoms with Crippen LogP contribution in [0.3, 0.4) is 0 Å². The van der Waals surface area contributed by atoms with E-state index in [9.17, 15) is 9.59 Å². The highest BCUT2D eigenvalue weighted by Crippen LogP contribution is 2.49. The second-order valence-electron chi connectivity index (χ2n) is 9.85. The minimum absolute atomic E-state index is 0.111. The molecule has 0 bridgehead atoms. The molecule has 2 aromatic heterocycles. The van der Waals surface area contributed by atoms with Crippen LogP contribution in [0.5, 0.6) is 0 Å². The second kappa shape index (κ2) is 7.18. The van der Waals surface area contributed by atoms with Gasteiger partial charge in [0.15, 0.2) is 5.78 Å². The lowest BCUT2D eigenvalue weighted by atomic mass is 9.69. The maximum atomic E-state index is 13.3.